The van der Waals surface area contributed by atoms with Crippen LogP contribution >= 0.6 is 12.4 Å². The van der Waals surface area contributed by atoms with E-state index in [2.05, 4.69) is 9.71 Å². The minimum absolute atomic E-state index is 0. The molecule has 21 heavy (non-hydrogen) atoms. The molecule has 0 aromatic carbocycles. The molecule has 1 heterocycles. The number of aryl methyl sites for hydroxylation is 2. The summed E-state index contributed by atoms with van der Waals surface area (Å²) < 4.78 is 29.4. The van der Waals surface area contributed by atoms with Crippen molar-refractivity contribution in [3.63, 3.8) is 0 Å². The Kier molecular flexibility index (Phi) is 7.35. The Morgan fingerprint density at radius 3 is 2.43 bits per heavy atom. The summed E-state index contributed by atoms with van der Waals surface area (Å²) in [5.41, 5.74) is 5.09. The first-order valence-corrected chi connectivity index (χ1v) is 8.39. The fraction of sp³-hybridized carbons (Fsp3) is 0.769. The molecule has 3 N–H and O–H groups in total. The van der Waals surface area contributed by atoms with Crippen molar-refractivity contribution in [1.82, 2.24) is 14.3 Å². The molecule has 1 rings (SSSR count). The largest absolute Gasteiger partial charge is 0.334 e. The second kappa shape index (κ2) is 7.58. The molecule has 0 saturated heterocycles. The van der Waals surface area contributed by atoms with Gasteiger partial charge in [0.15, 0.2) is 5.03 Å². The van der Waals surface area contributed by atoms with Crippen molar-refractivity contribution in [2.45, 2.75) is 58.1 Å². The van der Waals surface area contributed by atoms with E-state index in [4.69, 9.17) is 5.73 Å². The molecular formula is C13H27ClN4O2S. The molecule has 8 heteroatoms. The lowest BCUT2D eigenvalue weighted by molar-refractivity contribution is 0.344. The molecule has 0 saturated carbocycles. The Balaban J connectivity index is 0.00000400. The maximum Gasteiger partial charge on any atom is 0.260 e. The molecule has 124 valence electrons. The van der Waals surface area contributed by atoms with Crippen LogP contribution in [0.1, 0.15) is 39.9 Å². The summed E-state index contributed by atoms with van der Waals surface area (Å²) in [6.07, 6.45) is 2.24. The van der Waals surface area contributed by atoms with Crippen LogP contribution in [0.15, 0.2) is 11.2 Å². The summed E-state index contributed by atoms with van der Waals surface area (Å²) >= 11 is 0. The Morgan fingerprint density at radius 1 is 1.48 bits per heavy atom. The van der Waals surface area contributed by atoms with Gasteiger partial charge in [-0.1, -0.05) is 13.8 Å². The maximum atomic E-state index is 12.4. The third-order valence-corrected chi connectivity index (χ3v) is 4.77. The van der Waals surface area contributed by atoms with Crippen molar-refractivity contribution in [3.8, 4) is 0 Å². The van der Waals surface area contributed by atoms with E-state index in [9.17, 15) is 8.42 Å². The third kappa shape index (κ3) is 5.25. The SMILES string of the molecule is CCn1cc(S(=O)(=O)NC(C)(CN)CC(C)C)nc1C.Cl. The molecular weight excluding hydrogens is 312 g/mol. The van der Waals surface area contributed by atoms with Gasteiger partial charge < -0.3 is 10.3 Å². The summed E-state index contributed by atoms with van der Waals surface area (Å²) in [5.74, 6) is 1.03. The lowest BCUT2D eigenvalue weighted by atomic mass is 9.92. The summed E-state index contributed by atoms with van der Waals surface area (Å²) in [6.45, 7) is 10.6. The molecule has 0 amide bonds. The highest BCUT2D eigenvalue weighted by Crippen LogP contribution is 2.19. The Morgan fingerprint density at radius 2 is 2.05 bits per heavy atom. The van der Waals surface area contributed by atoms with Gasteiger partial charge in [0.25, 0.3) is 10.0 Å². The number of nitrogens with two attached hydrogens (primary N) is 1. The first-order chi connectivity index (χ1) is 9.13. The molecule has 0 aliphatic heterocycles. The van der Waals surface area contributed by atoms with Crippen LogP contribution in [0.4, 0.5) is 0 Å². The van der Waals surface area contributed by atoms with Crippen molar-refractivity contribution >= 4 is 22.4 Å². The Hall–Kier alpha value is -0.630. The first kappa shape index (κ1) is 20.4. The monoisotopic (exact) mass is 338 g/mol. The van der Waals surface area contributed by atoms with Crippen molar-refractivity contribution < 1.29 is 8.42 Å². The van der Waals surface area contributed by atoms with E-state index in [0.29, 0.717) is 24.7 Å². The molecule has 0 bridgehead atoms. The number of imidazole rings is 1. The number of halogens is 1. The molecule has 0 fully saturated rings. The summed E-state index contributed by atoms with van der Waals surface area (Å²) in [6, 6.07) is 0. The Bertz CT molecular complexity index is 557. The minimum Gasteiger partial charge on any atom is -0.334 e. The molecule has 0 radical (unpaired) electrons. The normalized spacial score (nSPS) is 14.8. The fourth-order valence-corrected chi connectivity index (χ4v) is 3.81. The molecule has 1 atom stereocenters. The lowest BCUT2D eigenvalue weighted by Gasteiger charge is -2.30. The summed E-state index contributed by atoms with van der Waals surface area (Å²) in [5, 5.41) is 0.0558. The number of rotatable bonds is 7. The minimum atomic E-state index is -3.65. The van der Waals surface area contributed by atoms with Crippen LogP contribution in [0.2, 0.25) is 0 Å². The van der Waals surface area contributed by atoms with Gasteiger partial charge in [0.05, 0.1) is 0 Å². The van der Waals surface area contributed by atoms with E-state index in [-0.39, 0.29) is 24.0 Å². The van der Waals surface area contributed by atoms with Gasteiger partial charge in [-0.05, 0) is 33.1 Å². The molecule has 6 nitrogen and oxygen atoms in total. The quantitative estimate of drug-likeness (QED) is 0.791. The first-order valence-electron chi connectivity index (χ1n) is 6.91. The van der Waals surface area contributed by atoms with E-state index in [1.54, 1.807) is 17.7 Å². The van der Waals surface area contributed by atoms with E-state index < -0.39 is 15.6 Å². The van der Waals surface area contributed by atoms with Gasteiger partial charge in [-0.3, -0.25) is 0 Å². The molecule has 1 unspecified atom stereocenters. The topological polar surface area (TPSA) is 90.0 Å². The van der Waals surface area contributed by atoms with Crippen molar-refractivity contribution in [3.05, 3.63) is 12.0 Å². The zero-order chi connectivity index (χ0) is 15.6. The van der Waals surface area contributed by atoms with Gasteiger partial charge in [0.2, 0.25) is 0 Å². The highest BCUT2D eigenvalue weighted by molar-refractivity contribution is 7.89. The zero-order valence-electron chi connectivity index (χ0n) is 13.4. The number of sulfonamides is 1. The average molecular weight is 339 g/mol. The average Bonchev–Trinajstić information content (AvgIpc) is 2.69. The number of nitrogens with one attached hydrogen (secondary N) is 1. The van der Waals surface area contributed by atoms with Crippen LogP contribution in [0.25, 0.3) is 0 Å². The smallest absolute Gasteiger partial charge is 0.260 e. The van der Waals surface area contributed by atoms with Gasteiger partial charge in [-0.25, -0.2) is 18.1 Å². The number of nitrogens with zero attached hydrogens (tertiary/aromatic N) is 2. The van der Waals surface area contributed by atoms with Crippen LogP contribution in [-0.4, -0.2) is 30.1 Å². The van der Waals surface area contributed by atoms with Gasteiger partial charge in [0, 0.05) is 24.8 Å². The van der Waals surface area contributed by atoms with Crippen LogP contribution in [0, 0.1) is 12.8 Å². The second-order valence-corrected chi connectivity index (χ2v) is 7.51. The van der Waals surface area contributed by atoms with Crippen LogP contribution in [0.5, 0.6) is 0 Å². The van der Waals surface area contributed by atoms with Crippen LogP contribution in [-0.2, 0) is 16.6 Å². The molecule has 0 aliphatic rings. The van der Waals surface area contributed by atoms with E-state index in [0.717, 1.165) is 0 Å². The molecule has 0 aliphatic carbocycles. The van der Waals surface area contributed by atoms with Crippen molar-refractivity contribution in [2.75, 3.05) is 6.54 Å². The highest BCUT2D eigenvalue weighted by Gasteiger charge is 2.31. The number of hydrogen-bond donors (Lipinski definition) is 2. The van der Waals surface area contributed by atoms with E-state index in [1.807, 2.05) is 27.7 Å². The van der Waals surface area contributed by atoms with Crippen LogP contribution < -0.4 is 10.5 Å². The third-order valence-electron chi connectivity index (χ3n) is 3.26. The fourth-order valence-electron chi connectivity index (χ4n) is 2.37. The summed E-state index contributed by atoms with van der Waals surface area (Å²) in [7, 11) is -3.65. The van der Waals surface area contributed by atoms with Crippen molar-refractivity contribution in [2.24, 2.45) is 11.7 Å². The standard InChI is InChI=1S/C13H26N4O2S.ClH/c1-6-17-8-12(15-11(17)4)20(18,19)16-13(5,9-14)7-10(2)3;/h8,10,16H,6-7,9,14H2,1-5H3;1H. The van der Waals surface area contributed by atoms with Gasteiger partial charge >= 0.3 is 0 Å². The maximum absolute atomic E-state index is 12.4. The van der Waals surface area contributed by atoms with E-state index in [1.165, 1.54) is 0 Å². The predicted molar refractivity (Wildman–Crippen MR) is 87.1 cm³/mol. The van der Waals surface area contributed by atoms with Crippen LogP contribution in [0.3, 0.4) is 0 Å². The van der Waals surface area contributed by atoms with Crippen molar-refractivity contribution in [1.29, 1.82) is 0 Å². The molecule has 1 aromatic heterocycles. The zero-order valence-corrected chi connectivity index (χ0v) is 15.0. The summed E-state index contributed by atoms with van der Waals surface area (Å²) in [4.78, 5) is 4.12. The molecule has 1 aromatic rings. The predicted octanol–water partition coefficient (Wildman–Crippen LogP) is 1.68. The molecule has 0 spiro atoms. The van der Waals surface area contributed by atoms with Gasteiger partial charge in [-0.15, -0.1) is 12.4 Å². The van der Waals surface area contributed by atoms with Gasteiger partial charge in [0.1, 0.15) is 5.82 Å². The number of aromatic nitrogens is 2. The highest BCUT2D eigenvalue weighted by atomic mass is 35.5. The van der Waals surface area contributed by atoms with E-state index >= 15 is 0 Å². The second-order valence-electron chi connectivity index (χ2n) is 5.88. The number of hydrogen-bond acceptors (Lipinski definition) is 4. The van der Waals surface area contributed by atoms with Gasteiger partial charge in [-0.2, -0.15) is 0 Å². The Labute approximate surface area is 134 Å². The lowest BCUT2D eigenvalue weighted by Crippen LogP contribution is -2.52.